The Kier molecular flexibility index (Phi) is 9.52. The molecule has 1 aromatic carbocycles. The Bertz CT molecular complexity index is 928. The fourth-order valence-electron chi connectivity index (χ4n) is 3.67. The maximum atomic E-state index is 12.8. The van der Waals surface area contributed by atoms with E-state index in [2.05, 4.69) is 11.7 Å². The van der Waals surface area contributed by atoms with Crippen molar-refractivity contribution in [2.75, 3.05) is 6.61 Å². The van der Waals surface area contributed by atoms with Crippen molar-refractivity contribution >= 4 is 24.1 Å². The van der Waals surface area contributed by atoms with Gasteiger partial charge in [-0.1, -0.05) is 58.3 Å². The molecule has 0 spiro atoms. The zero-order valence-corrected chi connectivity index (χ0v) is 19.3. The van der Waals surface area contributed by atoms with Crippen molar-refractivity contribution in [1.82, 2.24) is 0 Å². The third-order valence-electron chi connectivity index (χ3n) is 5.45. The number of nitrogens with zero attached hydrogens (tertiary/aromatic N) is 2. The van der Waals surface area contributed by atoms with Gasteiger partial charge in [-0.2, -0.15) is 0 Å². The molecule has 1 fully saturated rings. The minimum Gasteiger partial charge on any atom is -0.494 e. The standard InChI is InChI=1S/C21H32N2O5S2/c1-2-3-4-5-6-10-17-28-18-13-15-20(16-14-18)30(26,27)21(23-22)29(24,25)19-11-8-7-9-12-19/h13-16,19H,2-12,17H2,1H3. The van der Waals surface area contributed by atoms with E-state index in [4.69, 9.17) is 4.74 Å². The van der Waals surface area contributed by atoms with E-state index in [-0.39, 0.29) is 4.90 Å². The van der Waals surface area contributed by atoms with E-state index in [1.807, 2.05) is 0 Å². The molecule has 0 aromatic heterocycles. The van der Waals surface area contributed by atoms with Crippen LogP contribution in [0.5, 0.6) is 5.75 Å². The van der Waals surface area contributed by atoms with Crippen LogP contribution in [0.1, 0.15) is 77.6 Å². The second-order valence-electron chi connectivity index (χ2n) is 7.76. The van der Waals surface area contributed by atoms with Crippen LogP contribution >= 0.6 is 0 Å². The Labute approximate surface area is 180 Å². The first-order valence-corrected chi connectivity index (χ1v) is 13.8. The van der Waals surface area contributed by atoms with Gasteiger partial charge in [0.1, 0.15) is 5.75 Å². The maximum absolute atomic E-state index is 12.8. The van der Waals surface area contributed by atoms with Crippen LogP contribution in [0.2, 0.25) is 0 Å². The first-order valence-electron chi connectivity index (χ1n) is 10.8. The average molecular weight is 457 g/mol. The van der Waals surface area contributed by atoms with E-state index in [0.717, 1.165) is 19.3 Å². The molecule has 1 aliphatic carbocycles. The van der Waals surface area contributed by atoms with E-state index in [1.54, 1.807) is 0 Å². The third-order valence-corrected chi connectivity index (χ3v) is 10.2. The highest BCUT2D eigenvalue weighted by Crippen LogP contribution is 2.28. The minimum absolute atomic E-state index is 0.235. The van der Waals surface area contributed by atoms with Crippen LogP contribution in [0.15, 0.2) is 29.2 Å². The zero-order valence-electron chi connectivity index (χ0n) is 17.6. The summed E-state index contributed by atoms with van der Waals surface area (Å²) in [6, 6.07) is 5.55. The highest BCUT2D eigenvalue weighted by molar-refractivity contribution is 8.31. The third kappa shape index (κ3) is 6.40. The fraction of sp³-hybridized carbons (Fsp3) is 0.667. The molecule has 0 unspecified atom stereocenters. The Morgan fingerprint density at radius 3 is 2.17 bits per heavy atom. The van der Waals surface area contributed by atoms with Gasteiger partial charge in [0.25, 0.3) is 19.7 Å². The Morgan fingerprint density at radius 2 is 1.57 bits per heavy atom. The van der Waals surface area contributed by atoms with Crippen LogP contribution < -0.4 is 4.74 Å². The van der Waals surface area contributed by atoms with Crippen molar-refractivity contribution < 1.29 is 26.4 Å². The molecule has 9 heteroatoms. The lowest BCUT2D eigenvalue weighted by Crippen LogP contribution is -2.35. The first-order chi connectivity index (χ1) is 14.3. The molecule has 0 saturated heterocycles. The molecule has 30 heavy (non-hydrogen) atoms. The summed E-state index contributed by atoms with van der Waals surface area (Å²) in [6.45, 7) is 2.71. The molecule has 0 N–H and O–H groups in total. The van der Waals surface area contributed by atoms with Gasteiger partial charge in [0.2, 0.25) is 0 Å². The lowest BCUT2D eigenvalue weighted by Gasteiger charge is -2.19. The molecule has 168 valence electrons. The van der Waals surface area contributed by atoms with E-state index < -0.39 is 29.3 Å². The zero-order chi connectivity index (χ0) is 22.0. The number of benzene rings is 1. The summed E-state index contributed by atoms with van der Waals surface area (Å²) < 4.78 is 55.7. The van der Waals surface area contributed by atoms with Crippen LogP contribution in [0.25, 0.3) is 5.53 Å². The van der Waals surface area contributed by atoms with Crippen LogP contribution in [-0.2, 0) is 19.7 Å². The van der Waals surface area contributed by atoms with Crippen molar-refractivity contribution in [2.24, 2.45) is 0 Å². The van der Waals surface area contributed by atoms with E-state index in [0.29, 0.717) is 38.0 Å². The molecule has 0 bridgehead atoms. The number of unbranched alkanes of at least 4 members (excludes halogenated alkanes) is 5. The summed E-state index contributed by atoms with van der Waals surface area (Å²) in [4.78, 5) is 2.47. The second kappa shape index (κ2) is 11.6. The van der Waals surface area contributed by atoms with Gasteiger partial charge in [-0.3, -0.25) is 0 Å². The Hall–Kier alpha value is -1.70. The summed E-state index contributed by atoms with van der Waals surface area (Å²) in [5, 5.41) is -0.827. The monoisotopic (exact) mass is 456 g/mol. The summed E-state index contributed by atoms with van der Waals surface area (Å²) >= 11 is 0. The quantitative estimate of drug-likeness (QED) is 0.169. The number of sulfone groups is 2. The maximum Gasteiger partial charge on any atom is 0.499 e. The van der Waals surface area contributed by atoms with Crippen LogP contribution in [-0.4, -0.2) is 37.9 Å². The van der Waals surface area contributed by atoms with Gasteiger partial charge in [-0.25, -0.2) is 16.8 Å². The normalized spacial score (nSPS) is 15.5. The van der Waals surface area contributed by atoms with E-state index in [1.165, 1.54) is 49.9 Å². The number of rotatable bonds is 10. The SMILES string of the molecule is CCCCCCCCOc1ccc(S(=O)(=O)C(=[N+]=[N-])S(=O)(=O)C2CCCCC2)cc1. The van der Waals surface area contributed by atoms with Gasteiger partial charge in [0.15, 0.2) is 0 Å². The highest BCUT2D eigenvalue weighted by Gasteiger charge is 2.47. The first kappa shape index (κ1) is 24.6. The van der Waals surface area contributed by atoms with Crippen LogP contribution in [0.3, 0.4) is 0 Å². The van der Waals surface area contributed by atoms with E-state index >= 15 is 0 Å². The predicted octanol–water partition coefficient (Wildman–Crippen LogP) is 4.53. The van der Waals surface area contributed by atoms with Gasteiger partial charge < -0.3 is 10.3 Å². The average Bonchev–Trinajstić information content (AvgIpc) is 2.74. The minimum atomic E-state index is -4.46. The van der Waals surface area contributed by atoms with Gasteiger partial charge in [-0.15, -0.1) is 4.79 Å². The number of ether oxygens (including phenoxy) is 1. The fourth-order valence-corrected chi connectivity index (χ4v) is 7.75. The van der Waals surface area contributed by atoms with Gasteiger partial charge in [0.05, 0.1) is 16.8 Å². The van der Waals surface area contributed by atoms with Crippen LogP contribution in [0.4, 0.5) is 0 Å². The Morgan fingerprint density at radius 1 is 0.967 bits per heavy atom. The van der Waals surface area contributed by atoms with Crippen molar-refractivity contribution in [3.63, 3.8) is 0 Å². The molecule has 0 amide bonds. The molecule has 0 heterocycles. The molecular weight excluding hydrogens is 424 g/mol. The summed E-state index contributed by atoms with van der Waals surface area (Å²) in [5.74, 6) is 0.514. The Balaban J connectivity index is 2.02. The highest BCUT2D eigenvalue weighted by atomic mass is 32.3. The molecule has 7 nitrogen and oxygen atoms in total. The molecule has 0 atom stereocenters. The van der Waals surface area contributed by atoms with Crippen molar-refractivity contribution in [1.29, 1.82) is 0 Å². The molecule has 2 rings (SSSR count). The lowest BCUT2D eigenvalue weighted by atomic mass is 10.0. The number of hydrogen-bond donors (Lipinski definition) is 0. The molecule has 1 aromatic rings. The topological polar surface area (TPSA) is 114 Å². The summed E-state index contributed by atoms with van der Waals surface area (Å²) in [5.41, 5.74) is 9.27. The molecular formula is C21H32N2O5S2. The van der Waals surface area contributed by atoms with Crippen molar-refractivity contribution in [3.05, 3.63) is 29.8 Å². The molecule has 1 saturated carbocycles. The van der Waals surface area contributed by atoms with Gasteiger partial charge in [-0.05, 0) is 43.5 Å². The largest absolute Gasteiger partial charge is 0.499 e. The predicted molar refractivity (Wildman–Crippen MR) is 117 cm³/mol. The van der Waals surface area contributed by atoms with Gasteiger partial charge >= 0.3 is 4.38 Å². The van der Waals surface area contributed by atoms with Gasteiger partial charge in [0, 0.05) is 0 Å². The van der Waals surface area contributed by atoms with E-state index in [9.17, 15) is 22.4 Å². The second-order valence-corrected chi connectivity index (χ2v) is 12.0. The molecule has 0 radical (unpaired) electrons. The lowest BCUT2D eigenvalue weighted by molar-refractivity contribution is 0.00370. The van der Waals surface area contributed by atoms with Crippen molar-refractivity contribution in [2.45, 2.75) is 87.7 Å². The number of hydrogen-bond acceptors (Lipinski definition) is 5. The van der Waals surface area contributed by atoms with Crippen molar-refractivity contribution in [3.8, 4) is 5.75 Å². The van der Waals surface area contributed by atoms with Crippen LogP contribution in [0, 0.1) is 0 Å². The molecule has 1 aliphatic rings. The summed E-state index contributed by atoms with van der Waals surface area (Å²) in [6.07, 6.45) is 9.96. The summed E-state index contributed by atoms with van der Waals surface area (Å²) in [7, 11) is -8.69. The smallest absolute Gasteiger partial charge is 0.494 e. The molecule has 0 aliphatic heterocycles.